The molecule has 0 saturated carbocycles. The van der Waals surface area contributed by atoms with Gasteiger partial charge < -0.3 is 20.3 Å². The maximum Gasteiger partial charge on any atom is 0.191 e. The minimum Gasteiger partial charge on any atom is -0.374 e. The molecule has 0 amide bonds. The van der Waals surface area contributed by atoms with Crippen LogP contribution in [0.3, 0.4) is 0 Å². The Kier molecular flexibility index (Phi) is 12.8. The number of aliphatic imine (C=N–C) groups is 1. The van der Waals surface area contributed by atoms with Crippen LogP contribution < -0.4 is 10.6 Å². The van der Waals surface area contributed by atoms with Crippen LogP contribution in [0.4, 0.5) is 0 Å². The molecular weight excluding hydrogens is 477 g/mol. The Morgan fingerprint density at radius 2 is 2.07 bits per heavy atom. The second-order valence-electron chi connectivity index (χ2n) is 8.10. The highest BCUT2D eigenvalue weighted by Crippen LogP contribution is 2.09. The Bertz CT molecular complexity index is 611. The van der Waals surface area contributed by atoms with Crippen molar-refractivity contribution in [2.24, 2.45) is 10.9 Å². The van der Waals surface area contributed by atoms with Gasteiger partial charge in [0.1, 0.15) is 0 Å². The molecule has 2 N–H and O–H groups in total. The molecule has 1 unspecified atom stereocenters. The van der Waals surface area contributed by atoms with Gasteiger partial charge in [0, 0.05) is 46.3 Å². The van der Waals surface area contributed by atoms with E-state index in [1.807, 2.05) is 7.05 Å². The summed E-state index contributed by atoms with van der Waals surface area (Å²) >= 11 is 0. The third-order valence-electron chi connectivity index (χ3n) is 5.01. The van der Waals surface area contributed by atoms with Crippen LogP contribution in [0.2, 0.25) is 0 Å². The number of hydrogen-bond donors (Lipinski definition) is 2. The number of rotatable bonds is 9. The second kappa shape index (κ2) is 14.2. The van der Waals surface area contributed by atoms with E-state index in [0.717, 1.165) is 58.4 Å². The average molecular weight is 518 g/mol. The number of guanidine groups is 1. The van der Waals surface area contributed by atoms with Gasteiger partial charge in [-0.05, 0) is 30.6 Å². The van der Waals surface area contributed by atoms with Crippen molar-refractivity contribution in [2.75, 3.05) is 53.4 Å². The first-order chi connectivity index (χ1) is 13.5. The molecule has 166 valence electrons. The first-order valence-corrected chi connectivity index (χ1v) is 10.5. The Morgan fingerprint density at radius 1 is 1.31 bits per heavy atom. The molecule has 1 aliphatic heterocycles. The minimum atomic E-state index is 0. The molecular formula is C22H40IN5O. The molecule has 7 heteroatoms. The van der Waals surface area contributed by atoms with Gasteiger partial charge in [0.2, 0.25) is 0 Å². The number of morpholine rings is 1. The fourth-order valence-electron chi connectivity index (χ4n) is 3.46. The Morgan fingerprint density at radius 3 is 2.76 bits per heavy atom. The monoisotopic (exact) mass is 517 g/mol. The summed E-state index contributed by atoms with van der Waals surface area (Å²) in [6.45, 7) is 14.2. The number of nitrogens with one attached hydrogen (secondary N) is 2. The molecule has 0 bridgehead atoms. The van der Waals surface area contributed by atoms with Gasteiger partial charge >= 0.3 is 0 Å². The quantitative estimate of drug-likeness (QED) is 0.300. The van der Waals surface area contributed by atoms with Crippen LogP contribution >= 0.6 is 24.0 Å². The average Bonchev–Trinajstić information content (AvgIpc) is 2.68. The van der Waals surface area contributed by atoms with Gasteiger partial charge in [0.05, 0.1) is 12.7 Å². The third kappa shape index (κ3) is 10.1. The van der Waals surface area contributed by atoms with Crippen molar-refractivity contribution < 1.29 is 4.74 Å². The summed E-state index contributed by atoms with van der Waals surface area (Å²) < 4.78 is 5.92. The number of benzene rings is 1. The van der Waals surface area contributed by atoms with Crippen LogP contribution in [0, 0.1) is 5.92 Å². The molecule has 0 spiro atoms. The summed E-state index contributed by atoms with van der Waals surface area (Å²) in [4.78, 5) is 9.16. The van der Waals surface area contributed by atoms with Crippen molar-refractivity contribution in [1.29, 1.82) is 0 Å². The zero-order valence-corrected chi connectivity index (χ0v) is 21.1. The molecule has 2 rings (SSSR count). The van der Waals surface area contributed by atoms with Gasteiger partial charge in [-0.25, -0.2) is 0 Å². The first kappa shape index (κ1) is 26.1. The maximum atomic E-state index is 5.92. The van der Waals surface area contributed by atoms with Crippen LogP contribution in [0.15, 0.2) is 29.3 Å². The third-order valence-corrected chi connectivity index (χ3v) is 5.01. The van der Waals surface area contributed by atoms with Crippen molar-refractivity contribution in [3.05, 3.63) is 35.4 Å². The largest absolute Gasteiger partial charge is 0.374 e. The lowest BCUT2D eigenvalue weighted by Gasteiger charge is -2.34. The van der Waals surface area contributed by atoms with Crippen molar-refractivity contribution in [2.45, 2.75) is 40.0 Å². The van der Waals surface area contributed by atoms with Crippen molar-refractivity contribution >= 4 is 29.9 Å². The number of ether oxygens (including phenoxy) is 1. The van der Waals surface area contributed by atoms with E-state index in [-0.39, 0.29) is 30.1 Å². The lowest BCUT2D eigenvalue weighted by atomic mass is 10.1. The van der Waals surface area contributed by atoms with E-state index in [0.29, 0.717) is 5.92 Å². The molecule has 1 atom stereocenters. The molecule has 1 aromatic carbocycles. The van der Waals surface area contributed by atoms with E-state index in [1.165, 1.54) is 11.1 Å². The van der Waals surface area contributed by atoms with Crippen molar-refractivity contribution in [1.82, 2.24) is 20.4 Å². The predicted octanol–water partition coefficient (Wildman–Crippen LogP) is 2.78. The Labute approximate surface area is 194 Å². The molecule has 1 aromatic rings. The highest BCUT2D eigenvalue weighted by molar-refractivity contribution is 14.0. The van der Waals surface area contributed by atoms with Gasteiger partial charge in [-0.1, -0.05) is 45.0 Å². The minimum absolute atomic E-state index is 0. The van der Waals surface area contributed by atoms with E-state index in [9.17, 15) is 0 Å². The smallest absolute Gasteiger partial charge is 0.191 e. The number of nitrogens with zero attached hydrogens (tertiary/aromatic N) is 3. The molecule has 1 heterocycles. The fourth-order valence-corrected chi connectivity index (χ4v) is 3.46. The molecule has 6 nitrogen and oxygen atoms in total. The van der Waals surface area contributed by atoms with Crippen molar-refractivity contribution in [3.8, 4) is 0 Å². The van der Waals surface area contributed by atoms with E-state index < -0.39 is 0 Å². The molecule has 0 aliphatic carbocycles. The maximum absolute atomic E-state index is 5.92. The zero-order chi connectivity index (χ0) is 20.4. The second-order valence-corrected chi connectivity index (χ2v) is 8.10. The lowest BCUT2D eigenvalue weighted by Crippen LogP contribution is -2.50. The topological polar surface area (TPSA) is 52.1 Å². The Balaban J connectivity index is 0.00000420. The summed E-state index contributed by atoms with van der Waals surface area (Å²) in [7, 11) is 3.96. The van der Waals surface area contributed by atoms with E-state index in [2.05, 4.69) is 77.5 Å². The standard InChI is InChI=1S/C22H39N5O.HI/c1-6-26(5)16-20-9-7-8-19(12-20)13-24-22(23-4)25-14-21-17-27(10-11-28-21)15-18(2)3;/h7-9,12,18,21H,6,10-11,13-17H2,1-5H3,(H2,23,24,25);1H. The summed E-state index contributed by atoms with van der Waals surface area (Å²) in [6, 6.07) is 8.74. The summed E-state index contributed by atoms with van der Waals surface area (Å²) in [5.74, 6) is 1.51. The lowest BCUT2D eigenvalue weighted by molar-refractivity contribution is -0.0284. The van der Waals surface area contributed by atoms with Crippen LogP contribution in [-0.4, -0.2) is 75.3 Å². The molecule has 29 heavy (non-hydrogen) atoms. The molecule has 1 aliphatic rings. The van der Waals surface area contributed by atoms with E-state index in [4.69, 9.17) is 4.74 Å². The fraction of sp³-hybridized carbons (Fsp3) is 0.682. The zero-order valence-electron chi connectivity index (χ0n) is 18.8. The SMILES string of the molecule is CCN(C)Cc1cccc(CNC(=NC)NCC2CN(CC(C)C)CCO2)c1.I. The number of hydrogen-bond acceptors (Lipinski definition) is 4. The van der Waals surface area contributed by atoms with Crippen LogP contribution in [0.5, 0.6) is 0 Å². The molecule has 1 saturated heterocycles. The van der Waals surface area contributed by atoms with Gasteiger partial charge in [-0.2, -0.15) is 0 Å². The summed E-state index contributed by atoms with van der Waals surface area (Å²) in [5, 5.41) is 6.84. The van der Waals surface area contributed by atoms with Gasteiger partial charge in [-0.15, -0.1) is 24.0 Å². The van der Waals surface area contributed by atoms with E-state index in [1.54, 1.807) is 0 Å². The van der Waals surface area contributed by atoms with E-state index >= 15 is 0 Å². The Hall–Kier alpha value is -0.900. The van der Waals surface area contributed by atoms with Crippen LogP contribution in [-0.2, 0) is 17.8 Å². The first-order valence-electron chi connectivity index (χ1n) is 10.5. The molecule has 0 radical (unpaired) electrons. The number of halogens is 1. The van der Waals surface area contributed by atoms with Gasteiger partial charge in [-0.3, -0.25) is 9.89 Å². The normalized spacial score (nSPS) is 18.0. The van der Waals surface area contributed by atoms with Gasteiger partial charge in [0.25, 0.3) is 0 Å². The molecule has 0 aromatic heterocycles. The highest BCUT2D eigenvalue weighted by Gasteiger charge is 2.21. The van der Waals surface area contributed by atoms with Gasteiger partial charge in [0.15, 0.2) is 5.96 Å². The van der Waals surface area contributed by atoms with Crippen molar-refractivity contribution in [3.63, 3.8) is 0 Å². The molecule has 1 fully saturated rings. The predicted molar refractivity (Wildman–Crippen MR) is 133 cm³/mol. The van der Waals surface area contributed by atoms with Crippen LogP contribution in [0.1, 0.15) is 31.9 Å². The van der Waals surface area contributed by atoms with Crippen LogP contribution in [0.25, 0.3) is 0 Å². The highest BCUT2D eigenvalue weighted by atomic mass is 127. The summed E-state index contributed by atoms with van der Waals surface area (Å²) in [6.07, 6.45) is 0.207. The summed E-state index contributed by atoms with van der Waals surface area (Å²) in [5.41, 5.74) is 2.61.